The molecule has 0 saturated carbocycles. The largest absolute Gasteiger partial charge is 0.507 e. The Morgan fingerprint density at radius 1 is 1.12 bits per heavy atom. The van der Waals surface area contributed by atoms with Gasteiger partial charge >= 0.3 is 0 Å². The van der Waals surface area contributed by atoms with Gasteiger partial charge in [-0.2, -0.15) is 0 Å². The summed E-state index contributed by atoms with van der Waals surface area (Å²) in [6.45, 7) is 0. The molecule has 0 fully saturated rings. The highest BCUT2D eigenvalue weighted by Gasteiger charge is 2.20. The van der Waals surface area contributed by atoms with Gasteiger partial charge in [0.25, 0.3) is 0 Å². The Morgan fingerprint density at radius 3 is 2.81 bits per heavy atom. The first-order chi connectivity index (χ1) is 7.75. The molecule has 2 aromatic carbocycles. The van der Waals surface area contributed by atoms with Gasteiger partial charge in [0.1, 0.15) is 5.75 Å². The number of anilines is 1. The molecule has 1 aliphatic rings. The average Bonchev–Trinajstić information content (AvgIpc) is 2.32. The summed E-state index contributed by atoms with van der Waals surface area (Å²) in [6.07, 6.45) is 0.804. The van der Waals surface area contributed by atoms with E-state index in [9.17, 15) is 5.11 Å². The molecule has 2 aromatic rings. The summed E-state index contributed by atoms with van der Waals surface area (Å²) in [5.74, 6) is 0.323. The van der Waals surface area contributed by atoms with Crippen LogP contribution in [-0.4, -0.2) is 5.11 Å². The first-order valence-corrected chi connectivity index (χ1v) is 5.93. The Labute approximate surface area is 98.1 Å². The fourth-order valence-electron chi connectivity index (χ4n) is 1.98. The van der Waals surface area contributed by atoms with E-state index in [2.05, 4.69) is 12.1 Å². The van der Waals surface area contributed by atoms with Gasteiger partial charge in [0, 0.05) is 17.0 Å². The molecule has 0 spiro atoms. The number of hydrogen-bond acceptors (Lipinski definition) is 3. The number of benzene rings is 2. The summed E-state index contributed by atoms with van der Waals surface area (Å²) < 4.78 is 0. The minimum absolute atomic E-state index is 0.323. The number of aromatic hydroxyl groups is 1. The summed E-state index contributed by atoms with van der Waals surface area (Å²) in [5, 5.41) is 9.83. The maximum Gasteiger partial charge on any atom is 0.129 e. The first kappa shape index (κ1) is 9.60. The molecule has 0 amide bonds. The van der Waals surface area contributed by atoms with Gasteiger partial charge < -0.3 is 10.8 Å². The van der Waals surface area contributed by atoms with Crippen molar-refractivity contribution >= 4 is 17.4 Å². The molecule has 0 unspecified atom stereocenters. The summed E-state index contributed by atoms with van der Waals surface area (Å²) in [6, 6.07) is 11.7. The van der Waals surface area contributed by atoms with Crippen LogP contribution in [0, 0.1) is 0 Å². The van der Waals surface area contributed by atoms with Gasteiger partial charge in [-0.3, -0.25) is 0 Å². The van der Waals surface area contributed by atoms with Crippen molar-refractivity contribution in [3.8, 4) is 5.75 Å². The number of rotatable bonds is 0. The minimum atomic E-state index is 0.323. The maximum atomic E-state index is 9.83. The maximum absolute atomic E-state index is 9.83. The number of fused-ring (bicyclic) bond motifs is 2. The van der Waals surface area contributed by atoms with Gasteiger partial charge in [-0.25, -0.2) is 0 Å². The van der Waals surface area contributed by atoms with Crippen molar-refractivity contribution in [1.82, 2.24) is 0 Å². The van der Waals surface area contributed by atoms with Crippen LogP contribution >= 0.6 is 11.8 Å². The van der Waals surface area contributed by atoms with Gasteiger partial charge in [0.15, 0.2) is 0 Å². The SMILES string of the molecule is Nc1ccc(O)c2c1Cc1ccccc1S2. The van der Waals surface area contributed by atoms with Crippen molar-refractivity contribution in [2.45, 2.75) is 16.2 Å². The first-order valence-electron chi connectivity index (χ1n) is 5.12. The predicted molar refractivity (Wildman–Crippen MR) is 65.9 cm³/mol. The summed E-state index contributed by atoms with van der Waals surface area (Å²) in [5.41, 5.74) is 9.02. The minimum Gasteiger partial charge on any atom is -0.507 e. The van der Waals surface area contributed by atoms with Crippen molar-refractivity contribution in [1.29, 1.82) is 0 Å². The van der Waals surface area contributed by atoms with Crippen molar-refractivity contribution in [2.24, 2.45) is 0 Å². The lowest BCUT2D eigenvalue weighted by atomic mass is 10.0. The fraction of sp³-hybridized carbons (Fsp3) is 0.0769. The zero-order valence-electron chi connectivity index (χ0n) is 8.60. The van der Waals surface area contributed by atoms with Crippen LogP contribution in [0.1, 0.15) is 11.1 Å². The third-order valence-corrected chi connectivity index (χ3v) is 4.11. The van der Waals surface area contributed by atoms with Crippen LogP contribution in [0.4, 0.5) is 5.69 Å². The highest BCUT2D eigenvalue weighted by Crippen LogP contribution is 2.45. The molecule has 3 heteroatoms. The molecule has 2 nitrogen and oxygen atoms in total. The number of phenolic OH excluding ortho intramolecular Hbond substituents is 1. The lowest BCUT2D eigenvalue weighted by Gasteiger charge is -2.20. The average molecular weight is 229 g/mol. The third-order valence-electron chi connectivity index (χ3n) is 2.83. The topological polar surface area (TPSA) is 46.2 Å². The molecule has 0 aliphatic carbocycles. The van der Waals surface area contributed by atoms with Crippen LogP contribution in [0.25, 0.3) is 0 Å². The molecule has 1 aliphatic heterocycles. The molecule has 1 heterocycles. The van der Waals surface area contributed by atoms with E-state index in [4.69, 9.17) is 5.73 Å². The van der Waals surface area contributed by atoms with Crippen LogP contribution < -0.4 is 5.73 Å². The highest BCUT2D eigenvalue weighted by atomic mass is 32.2. The molecule has 0 bridgehead atoms. The van der Waals surface area contributed by atoms with Crippen molar-refractivity contribution in [3.05, 3.63) is 47.5 Å². The Hall–Kier alpha value is -1.61. The third kappa shape index (κ3) is 1.36. The van der Waals surface area contributed by atoms with E-state index in [1.807, 2.05) is 12.1 Å². The summed E-state index contributed by atoms with van der Waals surface area (Å²) >= 11 is 1.59. The molecular weight excluding hydrogens is 218 g/mol. The monoisotopic (exact) mass is 229 g/mol. The number of nitrogens with two attached hydrogens (primary N) is 1. The summed E-state index contributed by atoms with van der Waals surface area (Å²) in [7, 11) is 0. The zero-order chi connectivity index (χ0) is 11.1. The van der Waals surface area contributed by atoms with Crippen molar-refractivity contribution < 1.29 is 5.11 Å². The van der Waals surface area contributed by atoms with Crippen molar-refractivity contribution in [2.75, 3.05) is 5.73 Å². The van der Waals surface area contributed by atoms with Gasteiger partial charge in [0.05, 0.1) is 4.90 Å². The Morgan fingerprint density at radius 2 is 1.94 bits per heavy atom. The standard InChI is InChI=1S/C13H11NOS/c14-10-5-6-11(15)13-9(10)7-8-3-1-2-4-12(8)16-13/h1-6,15H,7,14H2. The van der Waals surface area contributed by atoms with Crippen molar-refractivity contribution in [3.63, 3.8) is 0 Å². The zero-order valence-corrected chi connectivity index (χ0v) is 9.42. The smallest absolute Gasteiger partial charge is 0.129 e. The van der Waals surface area contributed by atoms with E-state index in [0.717, 1.165) is 22.6 Å². The quantitative estimate of drug-likeness (QED) is 0.460. The van der Waals surface area contributed by atoms with E-state index in [1.165, 1.54) is 10.5 Å². The molecule has 3 N–H and O–H groups in total. The molecule has 0 radical (unpaired) electrons. The van der Waals surface area contributed by atoms with Gasteiger partial charge in [-0.1, -0.05) is 30.0 Å². The predicted octanol–water partition coefficient (Wildman–Crippen LogP) is 3.03. The number of hydrogen-bond donors (Lipinski definition) is 2. The number of phenols is 1. The fourth-order valence-corrected chi connectivity index (χ4v) is 3.10. The molecule has 0 aromatic heterocycles. The molecule has 0 atom stereocenters. The van der Waals surface area contributed by atoms with E-state index < -0.39 is 0 Å². The number of nitrogen functional groups attached to an aromatic ring is 1. The van der Waals surface area contributed by atoms with E-state index >= 15 is 0 Å². The molecule has 0 saturated heterocycles. The van der Waals surface area contributed by atoms with Gasteiger partial charge in [0.2, 0.25) is 0 Å². The second-order valence-electron chi connectivity index (χ2n) is 3.87. The normalized spacial score (nSPS) is 13.0. The molecule has 80 valence electrons. The lowest BCUT2D eigenvalue weighted by Crippen LogP contribution is -2.03. The Bertz CT molecular complexity index is 516. The molecule has 16 heavy (non-hydrogen) atoms. The second-order valence-corrected chi connectivity index (χ2v) is 4.92. The van der Waals surface area contributed by atoms with E-state index in [-0.39, 0.29) is 0 Å². The summed E-state index contributed by atoms with van der Waals surface area (Å²) in [4.78, 5) is 2.11. The van der Waals surface area contributed by atoms with E-state index in [0.29, 0.717) is 5.75 Å². The Balaban J connectivity index is 2.19. The Kier molecular flexibility index (Phi) is 2.07. The van der Waals surface area contributed by atoms with Crippen LogP contribution in [0.3, 0.4) is 0 Å². The molecular formula is C13H11NOS. The van der Waals surface area contributed by atoms with Crippen LogP contribution in [0.5, 0.6) is 5.75 Å². The van der Waals surface area contributed by atoms with Crippen LogP contribution in [0.15, 0.2) is 46.2 Å². The van der Waals surface area contributed by atoms with Crippen LogP contribution in [0.2, 0.25) is 0 Å². The van der Waals surface area contributed by atoms with Gasteiger partial charge in [-0.15, -0.1) is 0 Å². The lowest BCUT2D eigenvalue weighted by molar-refractivity contribution is 0.461. The van der Waals surface area contributed by atoms with E-state index in [1.54, 1.807) is 23.9 Å². The highest BCUT2D eigenvalue weighted by molar-refractivity contribution is 7.99. The second kappa shape index (κ2) is 3.46. The van der Waals surface area contributed by atoms with Gasteiger partial charge in [-0.05, 0) is 29.3 Å². The van der Waals surface area contributed by atoms with Crippen LogP contribution in [-0.2, 0) is 6.42 Å². The molecule has 3 rings (SSSR count).